The third kappa shape index (κ3) is 3.07. The normalized spacial score (nSPS) is 10.6. The van der Waals surface area contributed by atoms with Gasteiger partial charge in [-0.3, -0.25) is 10.1 Å². The lowest BCUT2D eigenvalue weighted by atomic mass is 10.2. The number of benzene rings is 1. The SMILES string of the molecule is COCCOC(=O)c1cc2cc([N+](=O)[O-])ccc2s1. The van der Waals surface area contributed by atoms with Gasteiger partial charge in [-0.15, -0.1) is 11.3 Å². The first-order valence-corrected chi connectivity index (χ1v) is 6.27. The fourth-order valence-electron chi connectivity index (χ4n) is 1.53. The molecule has 2 rings (SSSR count). The van der Waals surface area contributed by atoms with Gasteiger partial charge in [-0.1, -0.05) is 0 Å². The van der Waals surface area contributed by atoms with Gasteiger partial charge < -0.3 is 9.47 Å². The Hall–Kier alpha value is -1.99. The summed E-state index contributed by atoms with van der Waals surface area (Å²) < 4.78 is 10.6. The maximum Gasteiger partial charge on any atom is 0.348 e. The van der Waals surface area contributed by atoms with Crippen molar-refractivity contribution in [2.45, 2.75) is 0 Å². The van der Waals surface area contributed by atoms with E-state index >= 15 is 0 Å². The number of non-ortho nitro benzene ring substituents is 1. The van der Waals surface area contributed by atoms with Crippen LogP contribution in [0.25, 0.3) is 10.1 Å². The molecule has 0 N–H and O–H groups in total. The van der Waals surface area contributed by atoms with Gasteiger partial charge in [0.15, 0.2) is 0 Å². The molecule has 6 nitrogen and oxygen atoms in total. The lowest BCUT2D eigenvalue weighted by Crippen LogP contribution is -2.08. The molecule has 0 atom stereocenters. The third-order valence-electron chi connectivity index (χ3n) is 2.43. The minimum atomic E-state index is -0.465. The lowest BCUT2D eigenvalue weighted by molar-refractivity contribution is -0.384. The minimum Gasteiger partial charge on any atom is -0.459 e. The molecule has 0 spiro atoms. The van der Waals surface area contributed by atoms with Crippen LogP contribution in [0.2, 0.25) is 0 Å². The number of nitro benzene ring substituents is 1. The third-order valence-corrected chi connectivity index (χ3v) is 3.53. The van der Waals surface area contributed by atoms with Gasteiger partial charge in [0.05, 0.1) is 11.5 Å². The number of fused-ring (bicyclic) bond motifs is 1. The Morgan fingerprint density at radius 2 is 2.16 bits per heavy atom. The number of carbonyl (C=O) groups is 1. The van der Waals surface area contributed by atoms with Crippen molar-refractivity contribution in [2.24, 2.45) is 0 Å². The maximum atomic E-state index is 11.7. The standard InChI is InChI=1S/C12H11NO5S/c1-17-4-5-18-12(14)11-7-8-6-9(13(15)16)2-3-10(8)19-11/h2-3,6-7H,4-5H2,1H3. The monoisotopic (exact) mass is 281 g/mol. The molecule has 0 bridgehead atoms. The van der Waals surface area contributed by atoms with Gasteiger partial charge in [0.25, 0.3) is 5.69 Å². The molecule has 0 aliphatic carbocycles. The van der Waals surface area contributed by atoms with E-state index in [2.05, 4.69) is 0 Å². The molecule has 1 aromatic heterocycles. The second kappa shape index (κ2) is 5.77. The summed E-state index contributed by atoms with van der Waals surface area (Å²) in [4.78, 5) is 22.3. The summed E-state index contributed by atoms with van der Waals surface area (Å²) in [5.74, 6) is -0.444. The molecular formula is C12H11NO5S. The molecule has 100 valence electrons. The van der Waals surface area contributed by atoms with E-state index in [1.807, 2.05) is 0 Å². The average molecular weight is 281 g/mol. The molecule has 0 saturated carbocycles. The smallest absolute Gasteiger partial charge is 0.348 e. The topological polar surface area (TPSA) is 78.7 Å². The zero-order valence-electron chi connectivity index (χ0n) is 10.1. The van der Waals surface area contributed by atoms with Gasteiger partial charge in [-0.05, 0) is 12.1 Å². The second-order valence-corrected chi connectivity index (χ2v) is 4.80. The van der Waals surface area contributed by atoms with Crippen molar-refractivity contribution < 1.29 is 19.2 Å². The van der Waals surface area contributed by atoms with Gasteiger partial charge in [0.1, 0.15) is 11.5 Å². The van der Waals surface area contributed by atoms with Crippen LogP contribution in [-0.4, -0.2) is 31.2 Å². The van der Waals surface area contributed by atoms with E-state index in [0.717, 1.165) is 4.70 Å². The molecule has 0 aliphatic rings. The van der Waals surface area contributed by atoms with Crippen LogP contribution < -0.4 is 0 Å². The Morgan fingerprint density at radius 1 is 1.37 bits per heavy atom. The second-order valence-electron chi connectivity index (χ2n) is 3.72. The number of thiophene rings is 1. The van der Waals surface area contributed by atoms with Crippen LogP contribution in [0.5, 0.6) is 0 Å². The number of esters is 1. The zero-order valence-corrected chi connectivity index (χ0v) is 10.9. The first kappa shape index (κ1) is 13.4. The van der Waals surface area contributed by atoms with E-state index in [-0.39, 0.29) is 12.3 Å². The fraction of sp³-hybridized carbons (Fsp3) is 0.250. The van der Waals surface area contributed by atoms with Gasteiger partial charge in [0, 0.05) is 29.3 Å². The molecule has 0 fully saturated rings. The van der Waals surface area contributed by atoms with Gasteiger partial charge in [-0.2, -0.15) is 0 Å². The summed E-state index contributed by atoms with van der Waals surface area (Å²) >= 11 is 1.25. The van der Waals surface area contributed by atoms with E-state index in [9.17, 15) is 14.9 Å². The highest BCUT2D eigenvalue weighted by Crippen LogP contribution is 2.29. The van der Waals surface area contributed by atoms with Crippen molar-refractivity contribution in [3.63, 3.8) is 0 Å². The average Bonchev–Trinajstić information content (AvgIpc) is 2.81. The highest BCUT2D eigenvalue weighted by molar-refractivity contribution is 7.20. The first-order valence-electron chi connectivity index (χ1n) is 5.46. The van der Waals surface area contributed by atoms with Crippen LogP contribution >= 0.6 is 11.3 Å². The van der Waals surface area contributed by atoms with Gasteiger partial charge in [-0.25, -0.2) is 4.79 Å². The quantitative estimate of drug-likeness (QED) is 0.364. The predicted octanol–water partition coefficient (Wildman–Crippen LogP) is 2.61. The summed E-state index contributed by atoms with van der Waals surface area (Å²) in [6, 6.07) is 6.09. The highest BCUT2D eigenvalue weighted by atomic mass is 32.1. The molecular weight excluding hydrogens is 270 g/mol. The molecule has 0 unspecified atom stereocenters. The Kier molecular flexibility index (Phi) is 4.08. The highest BCUT2D eigenvalue weighted by Gasteiger charge is 2.14. The van der Waals surface area contributed by atoms with E-state index in [0.29, 0.717) is 16.9 Å². The van der Waals surface area contributed by atoms with Crippen LogP contribution in [0.3, 0.4) is 0 Å². The number of hydrogen-bond acceptors (Lipinski definition) is 6. The Bertz CT molecular complexity index is 622. The first-order chi connectivity index (χ1) is 9.11. The molecule has 2 aromatic rings. The van der Waals surface area contributed by atoms with E-state index < -0.39 is 10.9 Å². The van der Waals surface area contributed by atoms with Crippen LogP contribution in [0.15, 0.2) is 24.3 Å². The predicted molar refractivity (Wildman–Crippen MR) is 70.6 cm³/mol. The van der Waals surface area contributed by atoms with E-state index in [1.54, 1.807) is 12.1 Å². The molecule has 1 aromatic carbocycles. The molecule has 7 heteroatoms. The van der Waals surface area contributed by atoms with Crippen molar-refractivity contribution in [3.05, 3.63) is 39.3 Å². The number of nitrogens with zero attached hydrogens (tertiary/aromatic N) is 1. The fourth-order valence-corrected chi connectivity index (χ4v) is 2.47. The van der Waals surface area contributed by atoms with Crippen LogP contribution in [0.4, 0.5) is 5.69 Å². The van der Waals surface area contributed by atoms with Crippen LogP contribution in [-0.2, 0) is 9.47 Å². The number of rotatable bonds is 5. The molecule has 0 aliphatic heterocycles. The van der Waals surface area contributed by atoms with Gasteiger partial charge in [0.2, 0.25) is 0 Å². The Morgan fingerprint density at radius 3 is 2.84 bits per heavy atom. The van der Waals surface area contributed by atoms with Crippen molar-refractivity contribution in [3.8, 4) is 0 Å². The van der Waals surface area contributed by atoms with Crippen molar-refractivity contribution in [1.82, 2.24) is 0 Å². The summed E-state index contributed by atoms with van der Waals surface area (Å²) in [7, 11) is 1.52. The minimum absolute atomic E-state index is 0.00426. The number of nitro groups is 1. The van der Waals surface area contributed by atoms with Crippen molar-refractivity contribution in [2.75, 3.05) is 20.3 Å². The van der Waals surface area contributed by atoms with E-state index in [1.165, 1.54) is 30.6 Å². The zero-order chi connectivity index (χ0) is 13.8. The summed E-state index contributed by atoms with van der Waals surface area (Å²) in [5.41, 5.74) is 0.00426. The number of methoxy groups -OCH3 is 1. The maximum absolute atomic E-state index is 11.7. The summed E-state index contributed by atoms with van der Waals surface area (Å²) in [6.45, 7) is 0.520. The van der Waals surface area contributed by atoms with E-state index in [4.69, 9.17) is 9.47 Å². The molecule has 1 heterocycles. The van der Waals surface area contributed by atoms with Crippen LogP contribution in [0.1, 0.15) is 9.67 Å². The largest absolute Gasteiger partial charge is 0.459 e. The summed E-state index contributed by atoms with van der Waals surface area (Å²) in [6.07, 6.45) is 0. The number of hydrogen-bond donors (Lipinski definition) is 0. The van der Waals surface area contributed by atoms with Gasteiger partial charge >= 0.3 is 5.97 Å². The lowest BCUT2D eigenvalue weighted by Gasteiger charge is -2.00. The molecule has 0 amide bonds. The number of ether oxygens (including phenoxy) is 2. The molecule has 19 heavy (non-hydrogen) atoms. The molecule has 0 radical (unpaired) electrons. The number of carbonyl (C=O) groups excluding carboxylic acids is 1. The van der Waals surface area contributed by atoms with Crippen LogP contribution in [0, 0.1) is 10.1 Å². The van der Waals surface area contributed by atoms with Crippen molar-refractivity contribution >= 4 is 33.1 Å². The van der Waals surface area contributed by atoms with Crippen molar-refractivity contribution in [1.29, 1.82) is 0 Å². The summed E-state index contributed by atoms with van der Waals surface area (Å²) in [5, 5.41) is 11.3. The Labute approximate surface area is 112 Å². The Balaban J connectivity index is 2.21. The molecule has 0 saturated heterocycles.